The Morgan fingerprint density at radius 3 is 3.05 bits per heavy atom. The summed E-state index contributed by atoms with van der Waals surface area (Å²) in [4.78, 5) is 20.0. The molecule has 0 saturated carbocycles. The zero-order valence-corrected chi connectivity index (χ0v) is 10.5. The first-order valence-corrected chi connectivity index (χ1v) is 5.88. The number of aromatic nitrogens is 3. The second-order valence-electron chi connectivity index (χ2n) is 3.94. The maximum Gasteiger partial charge on any atom is 0.421 e. The van der Waals surface area contributed by atoms with Gasteiger partial charge in [0.25, 0.3) is 0 Å². The van der Waals surface area contributed by atoms with E-state index in [4.69, 9.17) is 21.8 Å². The molecule has 7 heteroatoms. The van der Waals surface area contributed by atoms with Crippen LogP contribution in [-0.4, -0.2) is 14.5 Å². The van der Waals surface area contributed by atoms with Gasteiger partial charge < -0.3 is 10.2 Å². The summed E-state index contributed by atoms with van der Waals surface area (Å²) in [5.41, 5.74) is 6.98. The van der Waals surface area contributed by atoms with Crippen molar-refractivity contribution in [2.45, 2.75) is 6.54 Å². The first-order chi connectivity index (χ1) is 9.15. The summed E-state index contributed by atoms with van der Waals surface area (Å²) in [5, 5.41) is 0.436. The smallest absolute Gasteiger partial charge is 0.406 e. The van der Waals surface area contributed by atoms with E-state index in [1.165, 1.54) is 4.57 Å². The summed E-state index contributed by atoms with van der Waals surface area (Å²) in [6.45, 7) is 0.159. The van der Waals surface area contributed by atoms with Gasteiger partial charge in [0, 0.05) is 6.20 Å². The van der Waals surface area contributed by atoms with Crippen LogP contribution in [0.15, 0.2) is 39.7 Å². The average Bonchev–Trinajstić information content (AvgIpc) is 2.71. The van der Waals surface area contributed by atoms with Crippen LogP contribution < -0.4 is 11.5 Å². The predicted molar refractivity (Wildman–Crippen MR) is 71.0 cm³/mol. The molecule has 0 aromatic carbocycles. The molecular formula is C12H9ClN4O2. The highest BCUT2D eigenvalue weighted by Crippen LogP contribution is 2.17. The molecule has 3 aromatic heterocycles. The third kappa shape index (κ3) is 2.06. The molecule has 0 aliphatic heterocycles. The van der Waals surface area contributed by atoms with E-state index in [1.54, 1.807) is 30.5 Å². The van der Waals surface area contributed by atoms with Gasteiger partial charge in [0.1, 0.15) is 5.82 Å². The molecule has 0 fully saturated rings. The Labute approximate surface area is 112 Å². The summed E-state index contributed by atoms with van der Waals surface area (Å²) in [6, 6.07) is 6.61. The number of hydrogen-bond donors (Lipinski definition) is 1. The molecule has 0 unspecified atom stereocenters. The van der Waals surface area contributed by atoms with Crippen LogP contribution in [0.4, 0.5) is 5.82 Å². The van der Waals surface area contributed by atoms with Crippen molar-refractivity contribution in [2.75, 3.05) is 5.73 Å². The molecule has 0 radical (unpaired) electrons. The maximum atomic E-state index is 11.8. The molecule has 0 aliphatic rings. The topological polar surface area (TPSA) is 86.9 Å². The molecule has 0 spiro atoms. The lowest BCUT2D eigenvalue weighted by atomic mass is 10.3. The van der Waals surface area contributed by atoms with E-state index in [1.807, 2.05) is 0 Å². The Hall–Kier alpha value is -2.34. The molecule has 6 nitrogen and oxygen atoms in total. The summed E-state index contributed by atoms with van der Waals surface area (Å²) in [7, 11) is 0. The summed E-state index contributed by atoms with van der Waals surface area (Å²) < 4.78 is 6.45. The number of rotatable bonds is 2. The van der Waals surface area contributed by atoms with E-state index in [-0.39, 0.29) is 6.54 Å². The van der Waals surface area contributed by atoms with Crippen molar-refractivity contribution in [3.05, 3.63) is 51.7 Å². The number of oxazole rings is 1. The fourth-order valence-electron chi connectivity index (χ4n) is 1.80. The van der Waals surface area contributed by atoms with Gasteiger partial charge in [-0.25, -0.2) is 14.8 Å². The minimum atomic E-state index is -0.506. The normalized spacial score (nSPS) is 11.0. The quantitative estimate of drug-likeness (QED) is 0.769. The van der Waals surface area contributed by atoms with Gasteiger partial charge >= 0.3 is 5.76 Å². The minimum absolute atomic E-state index is 0.159. The first-order valence-electron chi connectivity index (χ1n) is 5.50. The highest BCUT2D eigenvalue weighted by molar-refractivity contribution is 6.31. The van der Waals surface area contributed by atoms with E-state index < -0.39 is 5.76 Å². The van der Waals surface area contributed by atoms with Crippen LogP contribution in [0, 0.1) is 0 Å². The molecule has 2 N–H and O–H groups in total. The van der Waals surface area contributed by atoms with Crippen molar-refractivity contribution < 1.29 is 4.42 Å². The van der Waals surface area contributed by atoms with Crippen LogP contribution in [0.2, 0.25) is 5.02 Å². The molecule has 0 bridgehead atoms. The van der Waals surface area contributed by atoms with Crippen LogP contribution in [0.3, 0.4) is 0 Å². The zero-order valence-electron chi connectivity index (χ0n) is 9.71. The fraction of sp³-hybridized carbons (Fsp3) is 0.0833. The fourth-order valence-corrected chi connectivity index (χ4v) is 1.97. The standard InChI is InChI=1S/C12H9ClN4O2/c13-7-3-4-10(14)16-8(7)6-17-11-9(19-12(17)18)2-1-5-15-11/h1-5H,6H2,(H2,14,16). The third-order valence-electron chi connectivity index (χ3n) is 2.67. The van der Waals surface area contributed by atoms with E-state index in [0.717, 1.165) is 0 Å². The number of anilines is 1. The molecule has 3 heterocycles. The molecule has 0 atom stereocenters. The van der Waals surface area contributed by atoms with Crippen LogP contribution >= 0.6 is 11.6 Å². The third-order valence-corrected chi connectivity index (χ3v) is 3.02. The molecule has 3 rings (SSSR count). The van der Waals surface area contributed by atoms with Crippen molar-refractivity contribution in [1.29, 1.82) is 0 Å². The van der Waals surface area contributed by atoms with Crippen molar-refractivity contribution in [1.82, 2.24) is 14.5 Å². The van der Waals surface area contributed by atoms with Crippen LogP contribution in [0.25, 0.3) is 11.2 Å². The molecule has 19 heavy (non-hydrogen) atoms. The maximum absolute atomic E-state index is 11.8. The summed E-state index contributed by atoms with van der Waals surface area (Å²) in [5.74, 6) is -0.165. The Morgan fingerprint density at radius 1 is 1.37 bits per heavy atom. The average molecular weight is 277 g/mol. The zero-order chi connectivity index (χ0) is 13.4. The van der Waals surface area contributed by atoms with Crippen molar-refractivity contribution in [3.63, 3.8) is 0 Å². The van der Waals surface area contributed by atoms with Crippen LogP contribution in [0.5, 0.6) is 0 Å². The number of pyridine rings is 2. The number of nitrogens with zero attached hydrogens (tertiary/aromatic N) is 3. The van der Waals surface area contributed by atoms with Gasteiger partial charge in [-0.1, -0.05) is 11.6 Å². The highest BCUT2D eigenvalue weighted by atomic mass is 35.5. The molecular weight excluding hydrogens is 268 g/mol. The van der Waals surface area contributed by atoms with Gasteiger partial charge in [0.05, 0.1) is 17.3 Å². The minimum Gasteiger partial charge on any atom is -0.406 e. The Morgan fingerprint density at radius 2 is 2.21 bits per heavy atom. The van der Waals surface area contributed by atoms with Gasteiger partial charge in [-0.05, 0) is 24.3 Å². The number of hydrogen-bond acceptors (Lipinski definition) is 5. The number of fused-ring (bicyclic) bond motifs is 1. The second kappa shape index (κ2) is 4.40. The lowest BCUT2D eigenvalue weighted by Crippen LogP contribution is -2.16. The van der Waals surface area contributed by atoms with Gasteiger partial charge in [-0.3, -0.25) is 4.57 Å². The van der Waals surface area contributed by atoms with Gasteiger partial charge in [-0.15, -0.1) is 0 Å². The van der Waals surface area contributed by atoms with Gasteiger partial charge in [0.15, 0.2) is 11.2 Å². The number of nitrogens with two attached hydrogens (primary N) is 1. The molecule has 0 amide bonds. The van der Waals surface area contributed by atoms with Gasteiger partial charge in [-0.2, -0.15) is 0 Å². The predicted octanol–water partition coefficient (Wildman–Crippen LogP) is 1.67. The Balaban J connectivity index is 2.13. The van der Waals surface area contributed by atoms with Crippen molar-refractivity contribution in [2.24, 2.45) is 0 Å². The summed E-state index contributed by atoms with van der Waals surface area (Å²) >= 11 is 6.03. The number of nitrogen functional groups attached to an aromatic ring is 1. The monoisotopic (exact) mass is 276 g/mol. The SMILES string of the molecule is Nc1ccc(Cl)c(Cn2c(=O)oc3cccnc32)n1. The molecule has 0 saturated heterocycles. The Bertz CT molecular complexity index is 809. The molecule has 3 aromatic rings. The first kappa shape index (κ1) is 11.7. The van der Waals surface area contributed by atoms with E-state index >= 15 is 0 Å². The van der Waals surface area contributed by atoms with E-state index in [2.05, 4.69) is 9.97 Å². The lowest BCUT2D eigenvalue weighted by molar-refractivity contribution is 0.516. The highest BCUT2D eigenvalue weighted by Gasteiger charge is 2.12. The van der Waals surface area contributed by atoms with Crippen molar-refractivity contribution in [3.8, 4) is 0 Å². The molecule has 96 valence electrons. The second-order valence-corrected chi connectivity index (χ2v) is 4.35. The molecule has 0 aliphatic carbocycles. The van der Waals surface area contributed by atoms with Crippen LogP contribution in [0.1, 0.15) is 5.69 Å². The van der Waals surface area contributed by atoms with Crippen molar-refractivity contribution >= 4 is 28.6 Å². The van der Waals surface area contributed by atoms with Gasteiger partial charge in [0.2, 0.25) is 0 Å². The van der Waals surface area contributed by atoms with Crippen LogP contribution in [-0.2, 0) is 6.54 Å². The largest absolute Gasteiger partial charge is 0.421 e. The van der Waals surface area contributed by atoms with E-state index in [9.17, 15) is 4.79 Å². The Kier molecular flexibility index (Phi) is 2.72. The lowest BCUT2D eigenvalue weighted by Gasteiger charge is -2.04. The number of halogens is 1. The van der Waals surface area contributed by atoms with E-state index in [0.29, 0.717) is 27.8 Å². The summed E-state index contributed by atoms with van der Waals surface area (Å²) in [6.07, 6.45) is 1.59.